The Hall–Kier alpha value is -2.84. The fraction of sp³-hybridized carbons (Fsp3) is 0.350. The fourth-order valence-corrected chi connectivity index (χ4v) is 3.58. The van der Waals surface area contributed by atoms with Crippen LogP contribution in [0.4, 0.5) is 10.5 Å². The van der Waals surface area contributed by atoms with Gasteiger partial charge < -0.3 is 21.1 Å². The van der Waals surface area contributed by atoms with E-state index in [4.69, 9.17) is 22.1 Å². The molecule has 3 rings (SSSR count). The molecule has 8 nitrogen and oxygen atoms in total. The Labute approximate surface area is 174 Å². The quantitative estimate of drug-likeness (QED) is 0.667. The number of pyridine rings is 1. The number of rotatable bonds is 6. The molecule has 0 unspecified atom stereocenters. The number of ether oxygens (including phenoxy) is 1. The molecule has 1 aromatic heterocycles. The number of nitrogens with one attached hydrogen (secondary N) is 2. The topological polar surface area (TPSA) is 110 Å². The van der Waals surface area contributed by atoms with Gasteiger partial charge >= 0.3 is 6.03 Å². The third-order valence-electron chi connectivity index (χ3n) is 4.87. The first-order valence-corrected chi connectivity index (χ1v) is 9.66. The minimum atomic E-state index is -0.377. The molecule has 2 aromatic rings. The summed E-state index contributed by atoms with van der Waals surface area (Å²) >= 11 is 5.88. The molecule has 4 N–H and O–H groups in total. The van der Waals surface area contributed by atoms with Crippen LogP contribution in [0.25, 0.3) is 0 Å². The number of carbonyl (C=O) groups is 2. The molecule has 154 valence electrons. The van der Waals surface area contributed by atoms with Crippen LogP contribution in [-0.2, 0) is 4.79 Å². The second-order valence-electron chi connectivity index (χ2n) is 6.93. The van der Waals surface area contributed by atoms with Crippen LogP contribution >= 0.6 is 11.6 Å². The van der Waals surface area contributed by atoms with Gasteiger partial charge in [-0.3, -0.25) is 14.7 Å². The number of piperidine rings is 1. The van der Waals surface area contributed by atoms with Crippen molar-refractivity contribution in [1.29, 1.82) is 0 Å². The van der Waals surface area contributed by atoms with Gasteiger partial charge in [-0.25, -0.2) is 4.79 Å². The Morgan fingerprint density at radius 3 is 2.66 bits per heavy atom. The molecule has 9 heteroatoms. The number of hydrogen-bond donors (Lipinski definition) is 3. The maximum atomic E-state index is 12.5. The number of carbonyl (C=O) groups excluding carboxylic acids is 2. The summed E-state index contributed by atoms with van der Waals surface area (Å²) in [6, 6.07) is 10.2. The number of urea groups is 1. The lowest BCUT2D eigenvalue weighted by atomic mass is 9.88. The zero-order chi connectivity index (χ0) is 20.8. The van der Waals surface area contributed by atoms with E-state index in [9.17, 15) is 9.59 Å². The van der Waals surface area contributed by atoms with Gasteiger partial charge in [-0.2, -0.15) is 0 Å². The minimum absolute atomic E-state index is 0.0926. The number of benzene rings is 1. The van der Waals surface area contributed by atoms with E-state index in [-0.39, 0.29) is 30.4 Å². The normalized spacial score (nSPS) is 19.4. The van der Waals surface area contributed by atoms with E-state index in [0.717, 1.165) is 5.69 Å². The van der Waals surface area contributed by atoms with Crippen LogP contribution < -0.4 is 21.1 Å². The Balaban J connectivity index is 1.72. The molecule has 3 amide bonds. The summed E-state index contributed by atoms with van der Waals surface area (Å²) < 4.78 is 5.17. The Morgan fingerprint density at radius 1 is 1.28 bits per heavy atom. The molecule has 0 aliphatic carbocycles. The smallest absolute Gasteiger partial charge is 0.319 e. The minimum Gasteiger partial charge on any atom is -0.495 e. The molecule has 2 atom stereocenters. The van der Waals surface area contributed by atoms with Gasteiger partial charge in [0.2, 0.25) is 5.91 Å². The average Bonchev–Trinajstić information content (AvgIpc) is 2.70. The van der Waals surface area contributed by atoms with Crippen molar-refractivity contribution in [2.24, 2.45) is 5.73 Å². The van der Waals surface area contributed by atoms with Crippen LogP contribution in [0.3, 0.4) is 0 Å². The van der Waals surface area contributed by atoms with E-state index in [1.54, 1.807) is 37.6 Å². The van der Waals surface area contributed by atoms with Gasteiger partial charge in [0.1, 0.15) is 5.75 Å². The molecule has 1 aromatic carbocycles. The predicted octanol–water partition coefficient (Wildman–Crippen LogP) is 2.21. The maximum Gasteiger partial charge on any atom is 0.319 e. The van der Waals surface area contributed by atoms with Crippen LogP contribution in [0.1, 0.15) is 18.0 Å². The third-order valence-corrected chi connectivity index (χ3v) is 5.12. The number of hydrogen-bond acceptors (Lipinski definition) is 5. The van der Waals surface area contributed by atoms with Crippen LogP contribution in [0, 0.1) is 0 Å². The summed E-state index contributed by atoms with van der Waals surface area (Å²) in [5.41, 5.74) is 6.82. The van der Waals surface area contributed by atoms with Crippen LogP contribution in [0.2, 0.25) is 5.02 Å². The van der Waals surface area contributed by atoms with Crippen molar-refractivity contribution in [1.82, 2.24) is 15.2 Å². The summed E-state index contributed by atoms with van der Waals surface area (Å²) in [7, 11) is 1.58. The number of amides is 3. The highest BCUT2D eigenvalue weighted by Crippen LogP contribution is 2.27. The molecular formula is C20H24ClN5O3. The van der Waals surface area contributed by atoms with Gasteiger partial charge in [0.25, 0.3) is 0 Å². The number of nitrogens with zero attached hydrogens (tertiary/aromatic N) is 2. The number of nitrogens with two attached hydrogens (primary N) is 1. The van der Waals surface area contributed by atoms with E-state index < -0.39 is 0 Å². The monoisotopic (exact) mass is 417 g/mol. The highest BCUT2D eigenvalue weighted by Gasteiger charge is 2.33. The number of anilines is 1. The molecule has 2 heterocycles. The molecule has 1 fully saturated rings. The summed E-state index contributed by atoms with van der Waals surface area (Å²) in [6.45, 7) is 1.39. The molecule has 1 aliphatic rings. The SMILES string of the molecule is COc1ccc([C@@H]2CN(CC(N)=O)CC[C@H]2NC(=O)Nc2ccc(Cl)cc2)nc1. The molecule has 1 saturated heterocycles. The standard InChI is InChI=1S/C20H24ClN5O3/c1-29-15-6-7-17(23-10-15)16-11-26(12-19(22)27)9-8-18(16)25-20(28)24-14-4-2-13(21)3-5-14/h2-7,10,16,18H,8-9,11-12H2,1H3,(H2,22,27)(H2,24,25,28)/t16-,18+/m0/s1. The maximum absolute atomic E-state index is 12.5. The Morgan fingerprint density at radius 2 is 2.03 bits per heavy atom. The number of aromatic nitrogens is 1. The summed E-state index contributed by atoms with van der Waals surface area (Å²) in [6.07, 6.45) is 2.31. The first-order chi connectivity index (χ1) is 13.9. The highest BCUT2D eigenvalue weighted by molar-refractivity contribution is 6.30. The van der Waals surface area contributed by atoms with Crippen molar-refractivity contribution in [3.05, 3.63) is 53.3 Å². The first kappa shape index (κ1) is 20.9. The van der Waals surface area contributed by atoms with Crippen molar-refractivity contribution in [2.75, 3.05) is 32.1 Å². The number of halogens is 1. The lowest BCUT2D eigenvalue weighted by Crippen LogP contribution is -2.52. The van der Waals surface area contributed by atoms with Crippen LogP contribution in [0.5, 0.6) is 5.75 Å². The van der Waals surface area contributed by atoms with Crippen molar-refractivity contribution in [3.63, 3.8) is 0 Å². The molecule has 0 bridgehead atoms. The van der Waals surface area contributed by atoms with Crippen LogP contribution in [-0.4, -0.2) is 54.6 Å². The molecule has 0 radical (unpaired) electrons. The number of methoxy groups -OCH3 is 1. The molecule has 0 saturated carbocycles. The highest BCUT2D eigenvalue weighted by atomic mass is 35.5. The molecular weight excluding hydrogens is 394 g/mol. The zero-order valence-electron chi connectivity index (χ0n) is 16.1. The molecule has 0 spiro atoms. The predicted molar refractivity (Wildman–Crippen MR) is 111 cm³/mol. The van der Waals surface area contributed by atoms with Crippen molar-refractivity contribution < 1.29 is 14.3 Å². The Bertz CT molecular complexity index is 844. The first-order valence-electron chi connectivity index (χ1n) is 9.28. The van der Waals surface area contributed by atoms with Gasteiger partial charge in [0.05, 0.1) is 19.9 Å². The number of likely N-dealkylation sites (tertiary alicyclic amines) is 1. The Kier molecular flexibility index (Phi) is 6.90. The second-order valence-corrected chi connectivity index (χ2v) is 7.37. The van der Waals surface area contributed by atoms with Crippen molar-refractivity contribution in [2.45, 2.75) is 18.4 Å². The van der Waals surface area contributed by atoms with Gasteiger partial charge in [0, 0.05) is 41.5 Å². The average molecular weight is 418 g/mol. The van der Waals surface area contributed by atoms with Gasteiger partial charge in [0.15, 0.2) is 0 Å². The molecule has 1 aliphatic heterocycles. The zero-order valence-corrected chi connectivity index (χ0v) is 16.9. The van der Waals surface area contributed by atoms with Crippen molar-refractivity contribution >= 4 is 29.2 Å². The van der Waals surface area contributed by atoms with E-state index in [0.29, 0.717) is 36.0 Å². The summed E-state index contributed by atoms with van der Waals surface area (Å²) in [4.78, 5) is 30.3. The van der Waals surface area contributed by atoms with E-state index in [1.807, 2.05) is 17.0 Å². The van der Waals surface area contributed by atoms with Gasteiger partial charge in [-0.15, -0.1) is 0 Å². The van der Waals surface area contributed by atoms with Gasteiger partial charge in [-0.1, -0.05) is 11.6 Å². The van der Waals surface area contributed by atoms with Gasteiger partial charge in [-0.05, 0) is 42.8 Å². The largest absolute Gasteiger partial charge is 0.495 e. The lowest BCUT2D eigenvalue weighted by Gasteiger charge is -2.38. The lowest BCUT2D eigenvalue weighted by molar-refractivity contribution is -0.119. The van der Waals surface area contributed by atoms with E-state index in [2.05, 4.69) is 15.6 Å². The second kappa shape index (κ2) is 9.58. The summed E-state index contributed by atoms with van der Waals surface area (Å²) in [5.74, 6) is 0.187. The van der Waals surface area contributed by atoms with Crippen molar-refractivity contribution in [3.8, 4) is 5.75 Å². The summed E-state index contributed by atoms with van der Waals surface area (Å²) in [5, 5.41) is 6.45. The number of primary amides is 1. The van der Waals surface area contributed by atoms with E-state index >= 15 is 0 Å². The fourth-order valence-electron chi connectivity index (χ4n) is 3.46. The van der Waals surface area contributed by atoms with Crippen LogP contribution in [0.15, 0.2) is 42.6 Å². The third kappa shape index (κ3) is 5.82. The van der Waals surface area contributed by atoms with E-state index in [1.165, 1.54) is 0 Å². The molecule has 29 heavy (non-hydrogen) atoms.